The zero-order valence-electron chi connectivity index (χ0n) is 11.1. The van der Waals surface area contributed by atoms with E-state index >= 15 is 0 Å². The minimum absolute atomic E-state index is 0.0660. The Bertz CT molecular complexity index is 713. The average molecular weight is 297 g/mol. The van der Waals surface area contributed by atoms with Gasteiger partial charge in [-0.25, -0.2) is 4.98 Å². The van der Waals surface area contributed by atoms with Crippen molar-refractivity contribution in [3.63, 3.8) is 0 Å². The topological polar surface area (TPSA) is 149 Å². The summed E-state index contributed by atoms with van der Waals surface area (Å²) in [5.74, 6) is -0.0660. The number of aliphatic hydroxyl groups is 2. The molecule has 0 saturated carbocycles. The number of methoxy groups -OCH3 is 1. The van der Waals surface area contributed by atoms with E-state index in [0.717, 1.165) is 0 Å². The van der Waals surface area contributed by atoms with Crippen molar-refractivity contribution >= 4 is 17.1 Å². The number of rotatable bonds is 3. The van der Waals surface area contributed by atoms with Crippen LogP contribution in [0, 0.1) is 0 Å². The predicted octanol–water partition coefficient (Wildman–Crippen LogP) is -2.03. The van der Waals surface area contributed by atoms with Crippen molar-refractivity contribution in [2.45, 2.75) is 24.5 Å². The van der Waals surface area contributed by atoms with Gasteiger partial charge in [0.25, 0.3) is 5.56 Å². The lowest BCUT2D eigenvalue weighted by molar-refractivity contribution is -0.0535. The van der Waals surface area contributed by atoms with Gasteiger partial charge in [-0.05, 0) is 0 Å². The SMILES string of the molecule is CO[C@H]1[C@H](O)[C@H](n2cnc3c(=O)[nH]c(N)nc32)O[C@@H]1CO. The van der Waals surface area contributed by atoms with Crippen molar-refractivity contribution in [3.05, 3.63) is 16.7 Å². The molecule has 2 aromatic heterocycles. The Morgan fingerprint density at radius 3 is 3.00 bits per heavy atom. The van der Waals surface area contributed by atoms with Gasteiger partial charge in [0.2, 0.25) is 5.95 Å². The third-order valence-corrected chi connectivity index (χ3v) is 3.49. The fourth-order valence-corrected chi connectivity index (χ4v) is 2.52. The number of nitrogens with one attached hydrogen (secondary N) is 1. The van der Waals surface area contributed by atoms with Gasteiger partial charge >= 0.3 is 0 Å². The first kappa shape index (κ1) is 13.9. The lowest BCUT2D eigenvalue weighted by Gasteiger charge is -2.17. The zero-order valence-corrected chi connectivity index (χ0v) is 11.1. The van der Waals surface area contributed by atoms with Crippen molar-refractivity contribution in [1.82, 2.24) is 19.5 Å². The number of aromatic nitrogens is 4. The van der Waals surface area contributed by atoms with Gasteiger partial charge in [-0.15, -0.1) is 0 Å². The molecule has 2 aromatic rings. The van der Waals surface area contributed by atoms with Crippen LogP contribution in [0.1, 0.15) is 6.23 Å². The van der Waals surface area contributed by atoms with Crippen LogP contribution < -0.4 is 11.3 Å². The maximum Gasteiger partial charge on any atom is 0.280 e. The Morgan fingerprint density at radius 2 is 2.38 bits per heavy atom. The van der Waals surface area contributed by atoms with E-state index < -0.39 is 30.1 Å². The van der Waals surface area contributed by atoms with E-state index in [2.05, 4.69) is 15.0 Å². The Balaban J connectivity index is 2.07. The minimum atomic E-state index is -1.05. The maximum absolute atomic E-state index is 11.7. The van der Waals surface area contributed by atoms with E-state index in [4.69, 9.17) is 15.2 Å². The first-order chi connectivity index (χ1) is 10.1. The fraction of sp³-hybridized carbons (Fsp3) is 0.545. The summed E-state index contributed by atoms with van der Waals surface area (Å²) < 4.78 is 12.1. The lowest BCUT2D eigenvalue weighted by Crippen LogP contribution is -2.35. The number of nitrogen functional groups attached to an aromatic ring is 1. The van der Waals surface area contributed by atoms with E-state index in [1.807, 2.05) is 0 Å². The second-order valence-corrected chi connectivity index (χ2v) is 4.71. The van der Waals surface area contributed by atoms with Crippen LogP contribution in [0.4, 0.5) is 5.95 Å². The monoisotopic (exact) mass is 297 g/mol. The summed E-state index contributed by atoms with van der Waals surface area (Å²) in [6, 6.07) is 0. The highest BCUT2D eigenvalue weighted by Crippen LogP contribution is 2.32. The van der Waals surface area contributed by atoms with Gasteiger partial charge in [-0.2, -0.15) is 4.98 Å². The second kappa shape index (κ2) is 5.07. The molecule has 114 valence electrons. The molecule has 3 heterocycles. The van der Waals surface area contributed by atoms with E-state index in [9.17, 15) is 15.0 Å². The molecular weight excluding hydrogens is 282 g/mol. The molecule has 0 amide bonds. The summed E-state index contributed by atoms with van der Waals surface area (Å²) in [6.07, 6.45) is -1.99. The molecule has 4 atom stereocenters. The summed E-state index contributed by atoms with van der Waals surface area (Å²) in [7, 11) is 1.41. The van der Waals surface area contributed by atoms with Crippen LogP contribution in [0.2, 0.25) is 0 Å². The third kappa shape index (κ3) is 2.08. The number of ether oxygens (including phenoxy) is 2. The highest BCUT2D eigenvalue weighted by atomic mass is 16.6. The molecule has 5 N–H and O–H groups in total. The van der Waals surface area contributed by atoms with Crippen molar-refractivity contribution in [2.24, 2.45) is 0 Å². The molecular formula is C11H15N5O5. The van der Waals surface area contributed by atoms with Crippen LogP contribution in [-0.2, 0) is 9.47 Å². The number of aromatic amines is 1. The van der Waals surface area contributed by atoms with Gasteiger partial charge in [0.15, 0.2) is 17.4 Å². The van der Waals surface area contributed by atoms with Gasteiger partial charge in [-0.3, -0.25) is 14.3 Å². The summed E-state index contributed by atoms with van der Waals surface area (Å²) in [5, 5.41) is 19.5. The number of nitrogens with zero attached hydrogens (tertiary/aromatic N) is 3. The number of hydrogen-bond acceptors (Lipinski definition) is 8. The number of imidazole rings is 1. The number of anilines is 1. The predicted molar refractivity (Wildman–Crippen MR) is 70.4 cm³/mol. The number of aliphatic hydroxyl groups excluding tert-OH is 2. The molecule has 0 radical (unpaired) electrons. The second-order valence-electron chi connectivity index (χ2n) is 4.71. The quantitative estimate of drug-likeness (QED) is 0.506. The lowest BCUT2D eigenvalue weighted by atomic mass is 10.1. The van der Waals surface area contributed by atoms with Crippen molar-refractivity contribution in [3.8, 4) is 0 Å². The molecule has 1 aliphatic heterocycles. The Kier molecular flexibility index (Phi) is 3.37. The zero-order chi connectivity index (χ0) is 15.1. The molecule has 0 spiro atoms. The van der Waals surface area contributed by atoms with Crippen molar-refractivity contribution < 1.29 is 19.7 Å². The summed E-state index contributed by atoms with van der Waals surface area (Å²) >= 11 is 0. The highest BCUT2D eigenvalue weighted by Gasteiger charge is 2.45. The summed E-state index contributed by atoms with van der Waals surface area (Å²) in [4.78, 5) is 22.0. The Labute approximate surface area is 118 Å². The molecule has 0 unspecified atom stereocenters. The normalized spacial score (nSPS) is 29.3. The van der Waals surface area contributed by atoms with E-state index in [1.165, 1.54) is 18.0 Å². The molecule has 1 aliphatic rings. The van der Waals surface area contributed by atoms with Crippen LogP contribution >= 0.6 is 0 Å². The molecule has 1 fully saturated rings. The number of nitrogens with two attached hydrogens (primary N) is 1. The van der Waals surface area contributed by atoms with Crippen LogP contribution in [0.3, 0.4) is 0 Å². The molecule has 10 heteroatoms. The molecule has 0 aliphatic carbocycles. The summed E-state index contributed by atoms with van der Waals surface area (Å²) in [6.45, 7) is -0.311. The van der Waals surface area contributed by atoms with Crippen molar-refractivity contribution in [1.29, 1.82) is 0 Å². The highest BCUT2D eigenvalue weighted by molar-refractivity contribution is 5.70. The Morgan fingerprint density at radius 1 is 1.62 bits per heavy atom. The van der Waals surface area contributed by atoms with Gasteiger partial charge < -0.3 is 25.4 Å². The number of fused-ring (bicyclic) bond motifs is 1. The van der Waals surface area contributed by atoms with Gasteiger partial charge in [0.05, 0.1) is 12.9 Å². The van der Waals surface area contributed by atoms with Crippen LogP contribution in [-0.4, -0.2) is 61.8 Å². The smallest absolute Gasteiger partial charge is 0.280 e. The fourth-order valence-electron chi connectivity index (χ4n) is 2.52. The van der Waals surface area contributed by atoms with E-state index in [-0.39, 0.29) is 23.7 Å². The first-order valence-electron chi connectivity index (χ1n) is 6.26. The molecule has 3 rings (SSSR count). The maximum atomic E-state index is 11.7. The number of hydrogen-bond donors (Lipinski definition) is 4. The standard InChI is InChI=1S/C11H15N5O5/c1-20-7-4(2-17)21-10(6(7)18)16-3-13-5-8(16)14-11(12)15-9(5)19/h3-4,6-7,10,17-18H,2H2,1H3,(H3,12,14,15,19)/t4-,6+,7-,10-/m1/s1. The van der Waals surface area contributed by atoms with E-state index in [1.54, 1.807) is 0 Å². The average Bonchev–Trinajstić information content (AvgIpc) is 2.99. The molecule has 0 aromatic carbocycles. The van der Waals surface area contributed by atoms with Crippen molar-refractivity contribution in [2.75, 3.05) is 19.5 Å². The van der Waals surface area contributed by atoms with Crippen LogP contribution in [0.25, 0.3) is 11.2 Å². The minimum Gasteiger partial charge on any atom is -0.394 e. The van der Waals surface area contributed by atoms with Crippen LogP contribution in [0.15, 0.2) is 11.1 Å². The third-order valence-electron chi connectivity index (χ3n) is 3.49. The van der Waals surface area contributed by atoms with Gasteiger partial charge in [-0.1, -0.05) is 0 Å². The molecule has 1 saturated heterocycles. The molecule has 21 heavy (non-hydrogen) atoms. The largest absolute Gasteiger partial charge is 0.394 e. The molecule has 10 nitrogen and oxygen atoms in total. The van der Waals surface area contributed by atoms with E-state index in [0.29, 0.717) is 0 Å². The Hall–Kier alpha value is -2.01. The first-order valence-corrected chi connectivity index (χ1v) is 6.26. The summed E-state index contributed by atoms with van der Waals surface area (Å²) in [5.41, 5.74) is 5.31. The number of H-pyrrole nitrogens is 1. The van der Waals surface area contributed by atoms with Gasteiger partial charge in [0.1, 0.15) is 18.3 Å². The molecule has 0 bridgehead atoms. The van der Waals surface area contributed by atoms with Crippen LogP contribution in [0.5, 0.6) is 0 Å². The van der Waals surface area contributed by atoms with Gasteiger partial charge in [0, 0.05) is 7.11 Å².